The zero-order chi connectivity index (χ0) is 54.3. The van der Waals surface area contributed by atoms with Crippen LogP contribution in [0.3, 0.4) is 0 Å². The third-order valence-electron chi connectivity index (χ3n) is 8.12. The van der Waals surface area contributed by atoms with Gasteiger partial charge in [-0.1, -0.05) is 0 Å². The molecule has 0 N–H and O–H groups in total. The second-order valence-corrected chi connectivity index (χ2v) is 15.4. The third-order valence-corrected chi connectivity index (χ3v) is 8.80. The number of rotatable bonds is 37. The van der Waals surface area contributed by atoms with Crippen LogP contribution in [0.2, 0.25) is 0 Å². The molecule has 0 aliphatic carbocycles. The Morgan fingerprint density at radius 1 is 0.158 bits per heavy atom. The van der Waals surface area contributed by atoms with Gasteiger partial charge < -0.3 is 0 Å². The first-order valence-electron chi connectivity index (χ1n) is 25.2. The van der Waals surface area contributed by atoms with Crippen molar-refractivity contribution in [3.8, 4) is 0 Å². The van der Waals surface area contributed by atoms with E-state index in [1.165, 1.54) is 6.69 Å². The first kappa shape index (κ1) is 81.1. The van der Waals surface area contributed by atoms with E-state index in [2.05, 4.69) is 13.0 Å². The summed E-state index contributed by atoms with van der Waals surface area (Å²) in [5, 5.41) is 0. The Hall–Kier alpha value is 5.09. The van der Waals surface area contributed by atoms with Crippen molar-refractivity contribution in [3.63, 3.8) is 0 Å². The van der Waals surface area contributed by atoms with Crippen LogP contribution in [0.1, 0.15) is 6.92 Å². The second-order valence-electron chi connectivity index (χ2n) is 14.3. The van der Waals surface area contributed by atoms with Crippen LogP contribution in [-0.4, -0.2) is 495 Å². The molecule has 0 spiro atoms. The quantitative estimate of drug-likeness (QED) is 0.0561. The molecule has 0 heterocycles. The first-order valence-corrected chi connectivity index (χ1v) is 26.3. The molecule has 0 fully saturated rings. The van der Waals surface area contributed by atoms with E-state index in [1.54, 1.807) is 18.3 Å². The maximum atomic E-state index is 5.26. The predicted molar refractivity (Wildman–Crippen MR) is 438 cm³/mol. The molecule has 0 aliphatic rings. The van der Waals surface area contributed by atoms with Gasteiger partial charge in [-0.2, -0.15) is 0 Å². The van der Waals surface area contributed by atoms with Crippen molar-refractivity contribution >= 4 is 501 Å². The molecule has 74 heteroatoms. The van der Waals surface area contributed by atoms with Crippen molar-refractivity contribution in [2.45, 2.75) is 6.92 Å². The summed E-state index contributed by atoms with van der Waals surface area (Å²) < 4.78 is 0. The molecule has 238 valence electrons. The molecule has 0 unspecified atom stereocenters. The van der Waals surface area contributed by atoms with Gasteiger partial charge in [0.15, 0.2) is 0 Å². The second kappa shape index (κ2) is 80.1. The van der Waals surface area contributed by atoms with Crippen LogP contribution in [0.25, 0.3) is 0 Å². The molecule has 0 nitrogen and oxygen atoms in total. The summed E-state index contributed by atoms with van der Waals surface area (Å²) in [6.45, 7) is 143. The number of hydrogen-bond acceptors (Lipinski definition) is 1. The van der Waals surface area contributed by atoms with Gasteiger partial charge in [0.25, 0.3) is 0 Å². The predicted octanol–water partition coefficient (Wildman–Crippen LogP) is -26.6. The fourth-order valence-corrected chi connectivity index (χ4v) is 5.02. The van der Waals surface area contributed by atoms with Gasteiger partial charge in [0.05, 0.1) is 0 Å². The summed E-state index contributed by atoms with van der Waals surface area (Å²) in [6.07, 6.45) is 2.10. The minimum atomic E-state index is 1.10. The van der Waals surface area contributed by atoms with Crippen molar-refractivity contribution in [2.24, 2.45) is 0 Å². The summed E-state index contributed by atoms with van der Waals surface area (Å²) >= 11 is 1.79. The van der Waals surface area contributed by atoms with Crippen LogP contribution in [0.4, 0.5) is 0 Å². The Kier molecular flexibility index (Phi) is 85.5. The van der Waals surface area contributed by atoms with Crippen molar-refractivity contribution in [1.29, 1.82) is 0 Å². The molecule has 0 aromatic heterocycles. The monoisotopic (exact) mass is 865 g/mol. The van der Waals surface area contributed by atoms with Crippen molar-refractivity contribution in [2.75, 3.05) is 5.75 Å². The van der Waals surface area contributed by atoms with E-state index in [-0.39, 0.29) is 0 Å². The van der Waals surface area contributed by atoms with Gasteiger partial charge in [0, 0.05) is 0 Å². The van der Waals surface area contributed by atoms with Gasteiger partial charge in [-0.15, -0.1) is 0 Å². The van der Waals surface area contributed by atoms with Crippen molar-refractivity contribution in [1.82, 2.24) is 0 Å². The minimum absolute atomic E-state index is 1.10. The van der Waals surface area contributed by atoms with E-state index in [1.807, 2.05) is 462 Å². The molecule has 76 heavy (non-hydrogen) atoms. The summed E-state index contributed by atoms with van der Waals surface area (Å²) in [5.41, 5.74) is 0. The molecule has 0 aromatic carbocycles. The van der Waals surface area contributed by atoms with E-state index in [9.17, 15) is 0 Å². The van der Waals surface area contributed by atoms with Crippen LogP contribution in [0.15, 0.2) is 0 Å². The summed E-state index contributed by atoms with van der Waals surface area (Å²) in [6, 6.07) is 0. The SMILES string of the molecule is [B]B=BB=BB=BB=BB=BB=BB=BB=BB=BB=BB=BB=BB=BB=BB=BB=BB=BB=BB=BB=BB=BB=BB=BB=BB=BB=BB=BB=BB=BB=BB=BB=BB=BB=BB=BB=BSCC. The standard InChI is InChI=1S/C2H5B73S/c1-2-76-75-74-73-72-71-70-69-68-67-66-65-64-63-62-61-60-59-58-57-56-55-54-53-52-51-50-49-48-47-46-45-44-43-42-41-40-39-38-37-36-35-34-33-32-31-30-29-28-27-26-25-24-23-22-21-20-19-18-17-16-15-14-13-12-11-10-9-8-7-6-5-4-3/h2H2,1H3. The van der Waals surface area contributed by atoms with Gasteiger partial charge in [0.2, 0.25) is 0 Å². The Morgan fingerprint density at radius 3 is 0.342 bits per heavy atom. The van der Waals surface area contributed by atoms with Crippen LogP contribution in [0.5, 0.6) is 0 Å². The summed E-state index contributed by atoms with van der Waals surface area (Å²) in [4.78, 5) is 0. The van der Waals surface area contributed by atoms with E-state index in [0.717, 1.165) is 5.75 Å². The zero-order valence-corrected chi connectivity index (χ0v) is 45.1. The average Bonchev–Trinajstić information content (AvgIpc) is 3.43. The molecule has 0 bridgehead atoms. The van der Waals surface area contributed by atoms with Crippen LogP contribution in [0, 0.1) is 0 Å². The van der Waals surface area contributed by atoms with E-state index in [0.29, 0.717) is 0 Å². The molecule has 0 rings (SSSR count). The Morgan fingerprint density at radius 2 is 0.250 bits per heavy atom. The average molecular weight is 850 g/mol. The summed E-state index contributed by atoms with van der Waals surface area (Å²) in [5.74, 6) is 1.10. The van der Waals surface area contributed by atoms with Gasteiger partial charge in [-0.3, -0.25) is 0 Å². The molecule has 2 radical (unpaired) electrons. The molecular formula is C2H5B73S. The van der Waals surface area contributed by atoms with E-state index >= 15 is 0 Å². The molecular weight excluding hydrogens is 845 g/mol. The summed E-state index contributed by atoms with van der Waals surface area (Å²) in [7, 11) is 5.26. The fraction of sp³-hybridized carbons (Fsp3) is 1.00. The van der Waals surface area contributed by atoms with Crippen LogP contribution < -0.4 is 0 Å². The fourth-order valence-electron chi connectivity index (χ4n) is 4.62. The molecule has 0 saturated carbocycles. The molecule has 0 aliphatic heterocycles. The Bertz CT molecular complexity index is 2610. The maximum absolute atomic E-state index is 5.26. The number of hydrogen-bond donors (Lipinski definition) is 0. The van der Waals surface area contributed by atoms with E-state index in [4.69, 9.17) is 7.74 Å². The topological polar surface area (TPSA) is 0 Å². The van der Waals surface area contributed by atoms with Crippen LogP contribution >= 0.6 is 11.6 Å². The molecule has 0 saturated heterocycles. The zero-order valence-electron chi connectivity index (χ0n) is 44.3. The molecule has 0 atom stereocenters. The van der Waals surface area contributed by atoms with Crippen molar-refractivity contribution in [3.05, 3.63) is 0 Å². The van der Waals surface area contributed by atoms with Crippen LogP contribution in [-0.2, 0) is 0 Å². The third kappa shape index (κ3) is 79.1. The molecule has 0 amide bonds. The molecule has 0 aromatic rings. The Labute approximate surface area is 508 Å². The van der Waals surface area contributed by atoms with E-state index < -0.39 is 0 Å². The Balaban J connectivity index is 4.09. The van der Waals surface area contributed by atoms with Gasteiger partial charge in [-0.05, 0) is 0 Å². The first-order chi connectivity index (χ1) is 37.9. The van der Waals surface area contributed by atoms with Gasteiger partial charge in [-0.25, -0.2) is 0 Å². The van der Waals surface area contributed by atoms with Gasteiger partial charge in [0.1, 0.15) is 0 Å². The van der Waals surface area contributed by atoms with Gasteiger partial charge >= 0.3 is 513 Å². The normalized spacial score (nSPS) is 7.96. The van der Waals surface area contributed by atoms with Crippen molar-refractivity contribution < 1.29 is 0 Å².